The van der Waals surface area contributed by atoms with Crippen molar-refractivity contribution < 1.29 is 19.5 Å². The van der Waals surface area contributed by atoms with E-state index < -0.39 is 5.97 Å². The first-order valence-electron chi connectivity index (χ1n) is 9.31. The lowest BCUT2D eigenvalue weighted by Crippen LogP contribution is -2.37. The standard InChI is InChI=1S/C19H25N3O4/c23-17(12-14-4-1-2-5-14)21-8-3-9-22(11-10-21)18(24)15-6-7-16(19(25)26)20-13-15/h6-7,13-14H,1-5,8-12H2,(H,25,26). The van der Waals surface area contributed by atoms with Crippen LogP contribution in [-0.4, -0.2) is 63.9 Å². The SMILES string of the molecule is O=C(O)c1ccc(C(=O)N2CCCN(C(=O)CC3CCCC3)CC2)cn1. The molecular weight excluding hydrogens is 334 g/mol. The van der Waals surface area contributed by atoms with Crippen LogP contribution in [0.2, 0.25) is 0 Å². The largest absolute Gasteiger partial charge is 0.477 e. The Morgan fingerprint density at radius 3 is 2.35 bits per heavy atom. The highest BCUT2D eigenvalue weighted by Crippen LogP contribution is 2.28. The summed E-state index contributed by atoms with van der Waals surface area (Å²) in [4.78, 5) is 43.4. The van der Waals surface area contributed by atoms with Crippen LogP contribution in [0.15, 0.2) is 18.3 Å². The molecule has 1 saturated heterocycles. The van der Waals surface area contributed by atoms with Crippen molar-refractivity contribution >= 4 is 17.8 Å². The number of aromatic nitrogens is 1. The van der Waals surface area contributed by atoms with E-state index in [-0.39, 0.29) is 17.5 Å². The van der Waals surface area contributed by atoms with Crippen molar-refractivity contribution in [2.45, 2.75) is 38.5 Å². The zero-order chi connectivity index (χ0) is 18.5. The van der Waals surface area contributed by atoms with Crippen LogP contribution in [0.25, 0.3) is 0 Å². The maximum atomic E-state index is 12.6. The van der Waals surface area contributed by atoms with E-state index in [1.165, 1.54) is 31.2 Å². The molecule has 1 saturated carbocycles. The Bertz CT molecular complexity index is 668. The number of pyridine rings is 1. The van der Waals surface area contributed by atoms with E-state index in [2.05, 4.69) is 4.98 Å². The van der Waals surface area contributed by atoms with Crippen LogP contribution < -0.4 is 0 Å². The van der Waals surface area contributed by atoms with Gasteiger partial charge in [-0.3, -0.25) is 9.59 Å². The third-order valence-electron chi connectivity index (χ3n) is 5.30. The Morgan fingerprint density at radius 2 is 1.69 bits per heavy atom. The number of hydrogen-bond donors (Lipinski definition) is 1. The van der Waals surface area contributed by atoms with Crippen LogP contribution in [0.3, 0.4) is 0 Å². The van der Waals surface area contributed by atoms with Crippen LogP contribution in [0, 0.1) is 5.92 Å². The van der Waals surface area contributed by atoms with Crippen molar-refractivity contribution in [2.24, 2.45) is 5.92 Å². The molecule has 0 radical (unpaired) electrons. The van der Waals surface area contributed by atoms with Gasteiger partial charge in [-0.2, -0.15) is 0 Å². The van der Waals surface area contributed by atoms with Crippen molar-refractivity contribution in [3.8, 4) is 0 Å². The molecule has 2 amide bonds. The molecule has 0 aromatic carbocycles. The molecule has 3 rings (SSSR count). The number of carbonyl (C=O) groups is 3. The number of amides is 2. The maximum absolute atomic E-state index is 12.6. The average molecular weight is 359 g/mol. The summed E-state index contributed by atoms with van der Waals surface area (Å²) in [6, 6.07) is 2.83. The van der Waals surface area contributed by atoms with Crippen molar-refractivity contribution in [1.29, 1.82) is 0 Å². The van der Waals surface area contributed by atoms with Crippen LogP contribution >= 0.6 is 0 Å². The Kier molecular flexibility index (Phi) is 5.85. The molecular formula is C19H25N3O4. The number of rotatable bonds is 4. The zero-order valence-electron chi connectivity index (χ0n) is 14.9. The summed E-state index contributed by atoms with van der Waals surface area (Å²) in [6.07, 6.45) is 7.47. The maximum Gasteiger partial charge on any atom is 0.354 e. The minimum Gasteiger partial charge on any atom is -0.477 e. The van der Waals surface area contributed by atoms with E-state index in [9.17, 15) is 14.4 Å². The van der Waals surface area contributed by atoms with E-state index in [0.29, 0.717) is 44.1 Å². The van der Waals surface area contributed by atoms with E-state index in [4.69, 9.17) is 5.11 Å². The summed E-state index contributed by atoms with van der Waals surface area (Å²) in [5.74, 6) is -0.546. The first-order chi connectivity index (χ1) is 12.5. The summed E-state index contributed by atoms with van der Waals surface area (Å²) >= 11 is 0. The third-order valence-corrected chi connectivity index (χ3v) is 5.30. The molecule has 1 aromatic heterocycles. The van der Waals surface area contributed by atoms with Gasteiger partial charge < -0.3 is 14.9 Å². The Morgan fingerprint density at radius 1 is 1.00 bits per heavy atom. The van der Waals surface area contributed by atoms with Crippen molar-refractivity contribution in [3.63, 3.8) is 0 Å². The number of carbonyl (C=O) groups excluding carboxylic acids is 2. The molecule has 0 spiro atoms. The molecule has 7 heteroatoms. The summed E-state index contributed by atoms with van der Waals surface area (Å²) < 4.78 is 0. The van der Waals surface area contributed by atoms with Gasteiger partial charge in [0.15, 0.2) is 0 Å². The normalized spacial score (nSPS) is 18.6. The van der Waals surface area contributed by atoms with E-state index >= 15 is 0 Å². The number of aromatic carboxylic acids is 1. The van der Waals surface area contributed by atoms with Gasteiger partial charge in [0.05, 0.1) is 5.56 Å². The van der Waals surface area contributed by atoms with Crippen LogP contribution in [0.4, 0.5) is 0 Å². The van der Waals surface area contributed by atoms with Gasteiger partial charge in [-0.25, -0.2) is 9.78 Å². The van der Waals surface area contributed by atoms with Crippen LogP contribution in [-0.2, 0) is 4.79 Å². The van der Waals surface area contributed by atoms with Gasteiger partial charge in [-0.1, -0.05) is 12.8 Å². The van der Waals surface area contributed by atoms with Gasteiger partial charge in [0.2, 0.25) is 5.91 Å². The highest BCUT2D eigenvalue weighted by molar-refractivity contribution is 5.95. The molecule has 2 heterocycles. The monoisotopic (exact) mass is 359 g/mol. The fourth-order valence-corrected chi connectivity index (χ4v) is 3.79. The predicted octanol–water partition coefficient (Wildman–Crippen LogP) is 2.03. The molecule has 2 aliphatic rings. The van der Waals surface area contributed by atoms with Crippen molar-refractivity contribution in [3.05, 3.63) is 29.6 Å². The first-order valence-corrected chi connectivity index (χ1v) is 9.31. The second-order valence-corrected chi connectivity index (χ2v) is 7.12. The Labute approximate surface area is 153 Å². The van der Waals surface area contributed by atoms with Crippen molar-refractivity contribution in [1.82, 2.24) is 14.8 Å². The summed E-state index contributed by atoms with van der Waals surface area (Å²) in [5.41, 5.74) is 0.293. The average Bonchev–Trinajstić information content (AvgIpc) is 3.02. The molecule has 1 aliphatic heterocycles. The molecule has 0 atom stereocenters. The van der Waals surface area contributed by atoms with Gasteiger partial charge in [-0.05, 0) is 37.3 Å². The molecule has 1 aliphatic carbocycles. The minimum absolute atomic E-state index is 0.0823. The summed E-state index contributed by atoms with van der Waals surface area (Å²) in [5, 5.41) is 8.89. The number of carboxylic acid groups (broad SMARTS) is 1. The lowest BCUT2D eigenvalue weighted by Gasteiger charge is -2.23. The lowest BCUT2D eigenvalue weighted by molar-refractivity contribution is -0.132. The topological polar surface area (TPSA) is 90.8 Å². The van der Waals surface area contributed by atoms with E-state index in [1.54, 1.807) is 4.90 Å². The summed E-state index contributed by atoms with van der Waals surface area (Å²) in [7, 11) is 0. The number of hydrogen-bond acceptors (Lipinski definition) is 4. The molecule has 140 valence electrons. The number of carboxylic acids is 1. The van der Waals surface area contributed by atoms with Gasteiger partial charge in [0.25, 0.3) is 5.91 Å². The molecule has 2 fully saturated rings. The molecule has 1 aromatic rings. The highest BCUT2D eigenvalue weighted by Gasteiger charge is 2.25. The predicted molar refractivity (Wildman–Crippen MR) is 94.9 cm³/mol. The molecule has 0 unspecified atom stereocenters. The highest BCUT2D eigenvalue weighted by atomic mass is 16.4. The van der Waals surface area contributed by atoms with Crippen molar-refractivity contribution in [2.75, 3.05) is 26.2 Å². The first kappa shape index (κ1) is 18.4. The zero-order valence-corrected chi connectivity index (χ0v) is 14.9. The Hall–Kier alpha value is -2.44. The fraction of sp³-hybridized carbons (Fsp3) is 0.579. The number of nitrogens with zero attached hydrogens (tertiary/aromatic N) is 3. The fourth-order valence-electron chi connectivity index (χ4n) is 3.79. The van der Waals surface area contributed by atoms with E-state index in [1.807, 2.05) is 4.90 Å². The van der Waals surface area contributed by atoms with Gasteiger partial charge in [0.1, 0.15) is 5.69 Å². The smallest absolute Gasteiger partial charge is 0.354 e. The molecule has 26 heavy (non-hydrogen) atoms. The molecule has 1 N–H and O–H groups in total. The van der Waals surface area contributed by atoms with E-state index in [0.717, 1.165) is 19.3 Å². The minimum atomic E-state index is -1.12. The van der Waals surface area contributed by atoms with Gasteiger partial charge in [-0.15, -0.1) is 0 Å². The second kappa shape index (κ2) is 8.29. The molecule has 7 nitrogen and oxygen atoms in total. The second-order valence-electron chi connectivity index (χ2n) is 7.12. The third kappa shape index (κ3) is 4.39. The van der Waals surface area contributed by atoms with Gasteiger partial charge in [0, 0.05) is 38.8 Å². The quantitative estimate of drug-likeness (QED) is 0.888. The van der Waals surface area contributed by atoms with Crippen LogP contribution in [0.5, 0.6) is 0 Å². The Balaban J connectivity index is 1.56. The van der Waals surface area contributed by atoms with Gasteiger partial charge >= 0.3 is 5.97 Å². The van der Waals surface area contributed by atoms with Crippen LogP contribution in [0.1, 0.15) is 59.4 Å². The molecule has 0 bridgehead atoms. The summed E-state index contributed by atoms with van der Waals surface area (Å²) in [6.45, 7) is 2.33. The lowest BCUT2D eigenvalue weighted by atomic mass is 10.0.